The van der Waals surface area contributed by atoms with Crippen molar-refractivity contribution in [3.8, 4) is 11.6 Å². The second kappa shape index (κ2) is 8.95. The van der Waals surface area contributed by atoms with Crippen LogP contribution in [0, 0.1) is 6.92 Å². The Kier molecular flexibility index (Phi) is 5.75. The largest absolute Gasteiger partial charge is 0.497 e. The van der Waals surface area contributed by atoms with Crippen LogP contribution in [0.3, 0.4) is 0 Å². The van der Waals surface area contributed by atoms with E-state index in [9.17, 15) is 4.79 Å². The van der Waals surface area contributed by atoms with Crippen molar-refractivity contribution in [1.29, 1.82) is 0 Å². The molecule has 2 amide bonds. The van der Waals surface area contributed by atoms with Crippen LogP contribution in [0.5, 0.6) is 5.75 Å². The summed E-state index contributed by atoms with van der Waals surface area (Å²) in [5.74, 6) is 2.88. The third-order valence-corrected chi connectivity index (χ3v) is 4.47. The molecule has 0 radical (unpaired) electrons. The molecule has 0 fully saturated rings. The van der Waals surface area contributed by atoms with E-state index < -0.39 is 0 Å². The van der Waals surface area contributed by atoms with Gasteiger partial charge in [-0.25, -0.2) is 19.7 Å². The molecule has 156 valence electrons. The van der Waals surface area contributed by atoms with Crippen LogP contribution in [-0.4, -0.2) is 32.7 Å². The standard InChI is InChI=1S/C22H21N7O2/c1-15-23-10-11-29(15)21-13-20(24-14-25-21)26-16-6-8-17(9-7-16)27-22(30)28-18-4-3-5-19(12-18)31-2/h3-14H,1-2H3,(H,24,25,26)(H2,27,28,30). The lowest BCUT2D eigenvalue weighted by atomic mass is 10.2. The molecule has 0 spiro atoms. The number of aryl methyl sites for hydroxylation is 1. The highest BCUT2D eigenvalue weighted by molar-refractivity contribution is 5.99. The number of ether oxygens (including phenoxy) is 1. The fourth-order valence-electron chi connectivity index (χ4n) is 2.95. The van der Waals surface area contributed by atoms with E-state index in [2.05, 4.69) is 30.9 Å². The molecular formula is C22H21N7O2. The van der Waals surface area contributed by atoms with E-state index in [0.717, 1.165) is 17.3 Å². The first-order chi connectivity index (χ1) is 15.1. The minimum atomic E-state index is -0.342. The number of imidazole rings is 1. The molecule has 0 aliphatic carbocycles. The number of methoxy groups -OCH3 is 1. The number of carbonyl (C=O) groups excluding carboxylic acids is 1. The molecule has 0 atom stereocenters. The van der Waals surface area contributed by atoms with Gasteiger partial charge in [-0.15, -0.1) is 0 Å². The number of rotatable bonds is 6. The maximum Gasteiger partial charge on any atom is 0.323 e. The minimum absolute atomic E-state index is 0.342. The SMILES string of the molecule is COc1cccc(NC(=O)Nc2ccc(Nc3cc(-n4ccnc4C)ncn3)cc2)c1. The minimum Gasteiger partial charge on any atom is -0.497 e. The highest BCUT2D eigenvalue weighted by Gasteiger charge is 2.06. The van der Waals surface area contributed by atoms with Crippen LogP contribution in [0.2, 0.25) is 0 Å². The average Bonchev–Trinajstić information content (AvgIpc) is 3.21. The number of carbonyl (C=O) groups is 1. The third kappa shape index (κ3) is 4.96. The highest BCUT2D eigenvalue weighted by atomic mass is 16.5. The zero-order chi connectivity index (χ0) is 21.6. The van der Waals surface area contributed by atoms with Crippen LogP contribution in [0.15, 0.2) is 73.3 Å². The van der Waals surface area contributed by atoms with E-state index in [4.69, 9.17) is 4.74 Å². The Hall–Kier alpha value is -4.40. The maximum atomic E-state index is 12.2. The Morgan fingerprint density at radius 1 is 0.935 bits per heavy atom. The van der Waals surface area contributed by atoms with Gasteiger partial charge in [-0.3, -0.25) is 4.57 Å². The van der Waals surface area contributed by atoms with Crippen molar-refractivity contribution in [3.63, 3.8) is 0 Å². The second-order valence-corrected chi connectivity index (χ2v) is 6.62. The van der Waals surface area contributed by atoms with Gasteiger partial charge in [0.1, 0.15) is 29.5 Å². The number of nitrogens with one attached hydrogen (secondary N) is 3. The molecule has 2 aromatic heterocycles. The fourth-order valence-corrected chi connectivity index (χ4v) is 2.95. The van der Waals surface area contributed by atoms with E-state index in [0.29, 0.717) is 22.9 Å². The zero-order valence-electron chi connectivity index (χ0n) is 17.0. The summed E-state index contributed by atoms with van der Waals surface area (Å²) < 4.78 is 7.03. The van der Waals surface area contributed by atoms with Crippen LogP contribution >= 0.6 is 0 Å². The molecule has 0 aliphatic heterocycles. The molecular weight excluding hydrogens is 394 g/mol. The normalized spacial score (nSPS) is 10.4. The molecule has 2 heterocycles. The lowest BCUT2D eigenvalue weighted by Gasteiger charge is -2.11. The molecule has 0 bridgehead atoms. The van der Waals surface area contributed by atoms with E-state index in [-0.39, 0.29) is 6.03 Å². The van der Waals surface area contributed by atoms with E-state index >= 15 is 0 Å². The highest BCUT2D eigenvalue weighted by Crippen LogP contribution is 2.20. The predicted molar refractivity (Wildman–Crippen MR) is 119 cm³/mol. The quantitative estimate of drug-likeness (QED) is 0.432. The molecule has 4 aromatic rings. The Morgan fingerprint density at radius 2 is 1.71 bits per heavy atom. The molecule has 3 N–H and O–H groups in total. The van der Waals surface area contributed by atoms with Gasteiger partial charge in [0.05, 0.1) is 7.11 Å². The first-order valence-corrected chi connectivity index (χ1v) is 9.52. The summed E-state index contributed by atoms with van der Waals surface area (Å²) in [5.41, 5.74) is 2.12. The van der Waals surface area contributed by atoms with Crippen molar-refractivity contribution >= 4 is 28.9 Å². The van der Waals surface area contributed by atoms with Gasteiger partial charge in [-0.2, -0.15) is 0 Å². The summed E-state index contributed by atoms with van der Waals surface area (Å²) in [7, 11) is 1.58. The molecule has 9 nitrogen and oxygen atoms in total. The molecule has 0 saturated carbocycles. The van der Waals surface area contributed by atoms with Gasteiger partial charge in [0.2, 0.25) is 0 Å². The van der Waals surface area contributed by atoms with Crippen molar-refractivity contribution in [2.24, 2.45) is 0 Å². The van der Waals surface area contributed by atoms with E-state index in [1.807, 2.05) is 48.0 Å². The van der Waals surface area contributed by atoms with Gasteiger partial charge in [0.15, 0.2) is 0 Å². The molecule has 0 unspecified atom stereocenters. The molecule has 31 heavy (non-hydrogen) atoms. The number of aromatic nitrogens is 4. The average molecular weight is 415 g/mol. The fraction of sp³-hybridized carbons (Fsp3) is 0.0909. The van der Waals surface area contributed by atoms with Crippen LogP contribution in [0.25, 0.3) is 5.82 Å². The topological polar surface area (TPSA) is 106 Å². The Morgan fingerprint density at radius 3 is 2.45 bits per heavy atom. The van der Waals surface area contributed by atoms with E-state index in [1.54, 1.807) is 37.6 Å². The third-order valence-electron chi connectivity index (χ3n) is 4.47. The zero-order valence-corrected chi connectivity index (χ0v) is 17.0. The number of hydrogen-bond acceptors (Lipinski definition) is 6. The van der Waals surface area contributed by atoms with Gasteiger partial charge >= 0.3 is 6.03 Å². The number of anilines is 4. The smallest absolute Gasteiger partial charge is 0.323 e. The Balaban J connectivity index is 1.38. The lowest BCUT2D eigenvalue weighted by molar-refractivity contribution is 0.262. The van der Waals surface area contributed by atoms with Crippen molar-refractivity contribution < 1.29 is 9.53 Å². The van der Waals surface area contributed by atoms with Crippen molar-refractivity contribution in [1.82, 2.24) is 19.5 Å². The summed E-state index contributed by atoms with van der Waals surface area (Å²) >= 11 is 0. The monoisotopic (exact) mass is 415 g/mol. The first-order valence-electron chi connectivity index (χ1n) is 9.52. The van der Waals surface area contributed by atoms with Gasteiger partial charge < -0.3 is 20.7 Å². The van der Waals surface area contributed by atoms with Crippen molar-refractivity contribution in [2.75, 3.05) is 23.1 Å². The van der Waals surface area contributed by atoms with Gasteiger partial charge in [-0.05, 0) is 43.3 Å². The summed E-state index contributed by atoms with van der Waals surface area (Å²) in [6.07, 6.45) is 5.06. The summed E-state index contributed by atoms with van der Waals surface area (Å²) in [4.78, 5) is 25.0. The Labute approximate surface area is 179 Å². The number of benzene rings is 2. The summed E-state index contributed by atoms with van der Waals surface area (Å²) in [5, 5.41) is 8.80. The van der Waals surface area contributed by atoms with Crippen LogP contribution in [0.4, 0.5) is 27.7 Å². The van der Waals surface area contributed by atoms with Gasteiger partial charge in [0, 0.05) is 41.6 Å². The van der Waals surface area contributed by atoms with E-state index in [1.165, 1.54) is 6.33 Å². The maximum absolute atomic E-state index is 12.2. The van der Waals surface area contributed by atoms with Crippen molar-refractivity contribution in [3.05, 3.63) is 79.1 Å². The van der Waals surface area contributed by atoms with Crippen LogP contribution in [0.1, 0.15) is 5.82 Å². The van der Waals surface area contributed by atoms with Crippen molar-refractivity contribution in [2.45, 2.75) is 6.92 Å². The molecule has 0 saturated heterocycles. The van der Waals surface area contributed by atoms with Crippen LogP contribution < -0.4 is 20.7 Å². The lowest BCUT2D eigenvalue weighted by Crippen LogP contribution is -2.19. The van der Waals surface area contributed by atoms with Gasteiger partial charge in [0.25, 0.3) is 0 Å². The predicted octanol–water partition coefficient (Wildman–Crippen LogP) is 4.37. The number of hydrogen-bond donors (Lipinski definition) is 3. The summed E-state index contributed by atoms with van der Waals surface area (Å²) in [6.45, 7) is 1.91. The number of amides is 2. The first kappa shape index (κ1) is 19.9. The van der Waals surface area contributed by atoms with Crippen LogP contribution in [-0.2, 0) is 0 Å². The molecule has 0 aliphatic rings. The molecule has 9 heteroatoms. The summed E-state index contributed by atoms with van der Waals surface area (Å²) in [6, 6.07) is 16.0. The molecule has 4 rings (SSSR count). The number of nitrogens with zero attached hydrogens (tertiary/aromatic N) is 4. The molecule has 2 aromatic carbocycles. The second-order valence-electron chi connectivity index (χ2n) is 6.62. The Bertz CT molecular complexity index is 1190. The number of urea groups is 1. The van der Waals surface area contributed by atoms with Gasteiger partial charge in [-0.1, -0.05) is 6.07 Å².